The van der Waals surface area contributed by atoms with Crippen LogP contribution in [0.3, 0.4) is 0 Å². The van der Waals surface area contributed by atoms with E-state index in [0.29, 0.717) is 12.1 Å². The molecular weight excluding hydrogens is 295 g/mol. The molecule has 0 aliphatic rings. The fourth-order valence-corrected chi connectivity index (χ4v) is 0. The molecule has 0 bridgehead atoms. The van der Waals surface area contributed by atoms with E-state index in [-0.39, 0.29) is 21.1 Å². The molecule has 0 radical (unpaired) electrons. The summed E-state index contributed by atoms with van der Waals surface area (Å²) in [5.74, 6) is 0. The molecule has 0 aliphatic heterocycles. The van der Waals surface area contributed by atoms with Crippen molar-refractivity contribution in [2.24, 2.45) is 11.5 Å². The monoisotopic (exact) mass is 313 g/mol. The van der Waals surface area contributed by atoms with Crippen molar-refractivity contribution < 1.29 is 21.1 Å². The molecule has 0 aromatic carbocycles. The van der Waals surface area contributed by atoms with Gasteiger partial charge in [-0.05, 0) is 12.1 Å². The van der Waals surface area contributed by atoms with Crippen LogP contribution in [0.15, 0.2) is 0 Å². The maximum Gasteiger partial charge on any atom is 0 e. The van der Waals surface area contributed by atoms with Gasteiger partial charge >= 0.3 is 0 Å². The third-order valence-corrected chi connectivity index (χ3v) is 0. The largest absolute Gasteiger partial charge is 0.328 e. The van der Waals surface area contributed by atoms with Crippen LogP contribution in [0.1, 0.15) is 27.7 Å². The molecule has 9 heavy (non-hydrogen) atoms. The Kier molecular flexibility index (Phi) is 20.7. The van der Waals surface area contributed by atoms with E-state index in [1.165, 1.54) is 0 Å². The molecule has 0 aromatic rings. The summed E-state index contributed by atoms with van der Waals surface area (Å²) in [5, 5.41) is 0. The molecule has 4 N–H and O–H groups in total. The van der Waals surface area contributed by atoms with Gasteiger partial charge in [-0.15, -0.1) is 0 Å². The molecule has 0 unspecified atom stereocenters. The summed E-state index contributed by atoms with van der Waals surface area (Å²) >= 11 is 0. The SMILES string of the molecule is CC(C)N.CC(C)N.[Pt]. The van der Waals surface area contributed by atoms with Crippen molar-refractivity contribution in [3.63, 3.8) is 0 Å². The molecule has 0 aliphatic carbocycles. The first-order valence-corrected chi connectivity index (χ1v) is 2.98. The van der Waals surface area contributed by atoms with E-state index in [4.69, 9.17) is 11.5 Å². The average molecular weight is 313 g/mol. The van der Waals surface area contributed by atoms with E-state index in [1.54, 1.807) is 0 Å². The summed E-state index contributed by atoms with van der Waals surface area (Å²) in [7, 11) is 0. The second-order valence-corrected chi connectivity index (χ2v) is 2.49. The standard InChI is InChI=1S/2C3H9N.Pt/c2*1-3(2)4;/h2*3H,4H2,1-2H3;. The van der Waals surface area contributed by atoms with Gasteiger partial charge in [0.25, 0.3) is 0 Å². The minimum absolute atomic E-state index is 0. The van der Waals surface area contributed by atoms with E-state index < -0.39 is 0 Å². The maximum absolute atomic E-state index is 5.11. The van der Waals surface area contributed by atoms with Gasteiger partial charge in [0.1, 0.15) is 0 Å². The van der Waals surface area contributed by atoms with Gasteiger partial charge in [0.2, 0.25) is 0 Å². The van der Waals surface area contributed by atoms with Crippen LogP contribution in [0.2, 0.25) is 0 Å². The first-order valence-electron chi connectivity index (χ1n) is 2.98. The zero-order valence-electron chi connectivity index (χ0n) is 6.63. The molecule has 0 atom stereocenters. The van der Waals surface area contributed by atoms with E-state index in [1.807, 2.05) is 27.7 Å². The van der Waals surface area contributed by atoms with Crippen LogP contribution in [-0.2, 0) is 21.1 Å². The van der Waals surface area contributed by atoms with Gasteiger partial charge in [-0.1, -0.05) is 27.7 Å². The summed E-state index contributed by atoms with van der Waals surface area (Å²) in [6, 6.07) is 0.667. The van der Waals surface area contributed by atoms with Gasteiger partial charge in [-0.3, -0.25) is 0 Å². The van der Waals surface area contributed by atoms with E-state index >= 15 is 0 Å². The van der Waals surface area contributed by atoms with Gasteiger partial charge < -0.3 is 11.5 Å². The van der Waals surface area contributed by atoms with Crippen LogP contribution >= 0.6 is 0 Å². The fraction of sp³-hybridized carbons (Fsp3) is 1.00. The van der Waals surface area contributed by atoms with Crippen LogP contribution < -0.4 is 11.5 Å². The Hall–Kier alpha value is 0.608. The van der Waals surface area contributed by atoms with Crippen LogP contribution in [0.4, 0.5) is 0 Å². The Morgan fingerprint density at radius 3 is 0.778 bits per heavy atom. The molecule has 0 spiro atoms. The summed E-state index contributed by atoms with van der Waals surface area (Å²) < 4.78 is 0. The molecule has 2 nitrogen and oxygen atoms in total. The van der Waals surface area contributed by atoms with Crippen molar-refractivity contribution in [1.82, 2.24) is 0 Å². The van der Waals surface area contributed by atoms with Crippen LogP contribution in [0.5, 0.6) is 0 Å². The van der Waals surface area contributed by atoms with Crippen LogP contribution in [-0.4, -0.2) is 12.1 Å². The summed E-state index contributed by atoms with van der Waals surface area (Å²) in [6.45, 7) is 7.78. The molecule has 62 valence electrons. The smallest absolute Gasteiger partial charge is 0 e. The first-order chi connectivity index (χ1) is 3.46. The Morgan fingerprint density at radius 2 is 0.778 bits per heavy atom. The predicted molar refractivity (Wildman–Crippen MR) is 38.6 cm³/mol. The van der Waals surface area contributed by atoms with Gasteiger partial charge in [-0.25, -0.2) is 0 Å². The predicted octanol–water partition coefficient (Wildman–Crippen LogP) is 0.705. The van der Waals surface area contributed by atoms with E-state index in [0.717, 1.165) is 0 Å². The Morgan fingerprint density at radius 1 is 0.778 bits per heavy atom. The molecule has 0 aromatic heterocycles. The van der Waals surface area contributed by atoms with Crippen molar-refractivity contribution in [3.8, 4) is 0 Å². The quantitative estimate of drug-likeness (QED) is 0.692. The average Bonchev–Trinajstić information content (AvgIpc) is 1.25. The second kappa shape index (κ2) is 11.4. The number of rotatable bonds is 0. The summed E-state index contributed by atoms with van der Waals surface area (Å²) in [4.78, 5) is 0. The Labute approximate surface area is 72.6 Å². The molecule has 0 heterocycles. The number of hydrogen-bond acceptors (Lipinski definition) is 2. The minimum Gasteiger partial charge on any atom is -0.328 e. The molecule has 0 amide bonds. The summed E-state index contributed by atoms with van der Waals surface area (Å²) in [6.07, 6.45) is 0. The Bertz CT molecular complexity index is 26.5. The third kappa shape index (κ3) is 1020. The topological polar surface area (TPSA) is 52.0 Å². The molecule has 3 heteroatoms. The van der Waals surface area contributed by atoms with Gasteiger partial charge in [0.15, 0.2) is 0 Å². The number of nitrogens with two attached hydrogens (primary N) is 2. The fourth-order valence-electron chi connectivity index (χ4n) is 0. The first kappa shape index (κ1) is 16.3. The maximum atomic E-state index is 5.11. The molecular formula is C6H18N2Pt. The van der Waals surface area contributed by atoms with Gasteiger partial charge in [0, 0.05) is 21.1 Å². The molecule has 0 saturated carbocycles. The van der Waals surface area contributed by atoms with Crippen molar-refractivity contribution in [1.29, 1.82) is 0 Å². The third-order valence-electron chi connectivity index (χ3n) is 0. The zero-order valence-corrected chi connectivity index (χ0v) is 8.90. The van der Waals surface area contributed by atoms with Crippen LogP contribution in [0.25, 0.3) is 0 Å². The second-order valence-electron chi connectivity index (χ2n) is 2.49. The van der Waals surface area contributed by atoms with Gasteiger partial charge in [-0.2, -0.15) is 0 Å². The number of hydrogen-bond donors (Lipinski definition) is 2. The van der Waals surface area contributed by atoms with Crippen molar-refractivity contribution in [2.45, 2.75) is 39.8 Å². The van der Waals surface area contributed by atoms with Crippen molar-refractivity contribution in [2.75, 3.05) is 0 Å². The summed E-state index contributed by atoms with van der Waals surface area (Å²) in [5.41, 5.74) is 10.2. The van der Waals surface area contributed by atoms with E-state index in [2.05, 4.69) is 0 Å². The minimum atomic E-state index is 0. The Balaban J connectivity index is -0.0000000720. The normalized spacial score (nSPS) is 8.00. The van der Waals surface area contributed by atoms with Crippen molar-refractivity contribution in [3.05, 3.63) is 0 Å². The molecule has 0 rings (SSSR count). The van der Waals surface area contributed by atoms with Crippen LogP contribution in [0, 0.1) is 0 Å². The zero-order chi connectivity index (χ0) is 7.15. The molecule has 0 fully saturated rings. The van der Waals surface area contributed by atoms with Crippen molar-refractivity contribution >= 4 is 0 Å². The van der Waals surface area contributed by atoms with E-state index in [9.17, 15) is 0 Å². The van der Waals surface area contributed by atoms with Gasteiger partial charge in [0.05, 0.1) is 0 Å². The molecule has 0 saturated heterocycles.